The number of hydrogen-bond donors (Lipinski definition) is 2. The summed E-state index contributed by atoms with van der Waals surface area (Å²) in [6.07, 6.45) is 1.57. The molecule has 3 aromatic carbocycles. The van der Waals surface area contributed by atoms with E-state index in [4.69, 9.17) is 9.47 Å². The second kappa shape index (κ2) is 12.4. The minimum atomic E-state index is -0.542. The van der Waals surface area contributed by atoms with E-state index in [-0.39, 0.29) is 24.0 Å². The van der Waals surface area contributed by atoms with Crippen molar-refractivity contribution in [2.45, 2.75) is 0 Å². The second-order valence-electron chi connectivity index (χ2n) is 7.93. The van der Waals surface area contributed by atoms with E-state index in [1.165, 1.54) is 7.11 Å². The fourth-order valence-corrected chi connectivity index (χ4v) is 4.51. The smallest absolute Gasteiger partial charge is 0.294 e. The summed E-state index contributed by atoms with van der Waals surface area (Å²) in [5.41, 5.74) is 1.75. The number of para-hydroxylation sites is 2. The molecule has 1 heterocycles. The molecule has 0 spiro atoms. The Morgan fingerprint density at radius 3 is 2.37 bits per heavy atom. The minimum absolute atomic E-state index is 0.205. The van der Waals surface area contributed by atoms with Crippen LogP contribution in [0, 0.1) is 0 Å². The minimum Gasteiger partial charge on any atom is -0.495 e. The quantitative estimate of drug-likeness (QED) is 0.329. The molecule has 1 aliphatic rings. The van der Waals surface area contributed by atoms with Crippen molar-refractivity contribution in [3.63, 3.8) is 0 Å². The van der Waals surface area contributed by atoms with Crippen molar-refractivity contribution in [3.8, 4) is 11.5 Å². The van der Waals surface area contributed by atoms with Crippen LogP contribution >= 0.6 is 27.7 Å². The lowest BCUT2D eigenvalue weighted by Crippen LogP contribution is -2.36. The molecule has 4 rings (SSSR count). The van der Waals surface area contributed by atoms with Crippen LogP contribution < -0.4 is 20.1 Å². The van der Waals surface area contributed by atoms with E-state index in [2.05, 4.69) is 26.6 Å². The highest BCUT2D eigenvalue weighted by Crippen LogP contribution is 2.32. The van der Waals surface area contributed by atoms with Gasteiger partial charge in [-0.25, -0.2) is 0 Å². The fraction of sp³-hybridized carbons (Fsp3) is 0.111. The van der Waals surface area contributed by atoms with E-state index >= 15 is 0 Å². The lowest BCUT2D eigenvalue weighted by atomic mass is 10.2. The molecule has 9 nitrogen and oxygen atoms in total. The Labute approximate surface area is 231 Å². The molecule has 194 valence electrons. The zero-order valence-corrected chi connectivity index (χ0v) is 22.5. The first-order valence-corrected chi connectivity index (χ1v) is 12.9. The number of carbonyl (C=O) groups is 4. The molecule has 2 N–H and O–H groups in total. The first kappa shape index (κ1) is 27.0. The molecule has 0 aromatic heterocycles. The van der Waals surface area contributed by atoms with Crippen LogP contribution in [0.15, 0.2) is 82.2 Å². The number of methoxy groups -OCH3 is 1. The fourth-order valence-electron chi connectivity index (χ4n) is 3.41. The molecule has 11 heteroatoms. The zero-order valence-electron chi connectivity index (χ0n) is 20.1. The predicted molar refractivity (Wildman–Crippen MR) is 149 cm³/mol. The number of thioether (sulfide) groups is 1. The monoisotopic (exact) mass is 595 g/mol. The van der Waals surface area contributed by atoms with Crippen molar-refractivity contribution < 1.29 is 28.7 Å². The van der Waals surface area contributed by atoms with E-state index in [1.807, 2.05) is 0 Å². The number of benzene rings is 3. The lowest BCUT2D eigenvalue weighted by Gasteiger charge is -2.12. The third-order valence-electron chi connectivity index (χ3n) is 5.23. The molecule has 0 unspecified atom stereocenters. The summed E-state index contributed by atoms with van der Waals surface area (Å²) >= 11 is 4.09. The van der Waals surface area contributed by atoms with Crippen LogP contribution in [0.2, 0.25) is 0 Å². The Morgan fingerprint density at radius 1 is 0.947 bits per heavy atom. The first-order chi connectivity index (χ1) is 18.3. The van der Waals surface area contributed by atoms with Gasteiger partial charge >= 0.3 is 0 Å². The number of nitrogens with zero attached hydrogens (tertiary/aromatic N) is 1. The van der Waals surface area contributed by atoms with Crippen LogP contribution in [0.1, 0.15) is 5.56 Å². The Morgan fingerprint density at radius 2 is 1.66 bits per heavy atom. The summed E-state index contributed by atoms with van der Waals surface area (Å²) in [6.45, 7) is -0.597. The highest BCUT2D eigenvalue weighted by Gasteiger charge is 2.36. The van der Waals surface area contributed by atoms with Crippen molar-refractivity contribution in [1.82, 2.24) is 4.90 Å². The molecule has 0 saturated carbocycles. The predicted octanol–water partition coefficient (Wildman–Crippen LogP) is 5.15. The molecule has 4 amide bonds. The van der Waals surface area contributed by atoms with Gasteiger partial charge in [-0.2, -0.15) is 0 Å². The number of hydrogen-bond acceptors (Lipinski definition) is 7. The van der Waals surface area contributed by atoms with Crippen molar-refractivity contribution in [1.29, 1.82) is 0 Å². The third kappa shape index (κ3) is 7.02. The molecule has 1 aliphatic heterocycles. The lowest BCUT2D eigenvalue weighted by molar-refractivity contribution is -0.127. The largest absolute Gasteiger partial charge is 0.495 e. The maximum Gasteiger partial charge on any atom is 0.294 e. The van der Waals surface area contributed by atoms with Gasteiger partial charge in [-0.05, 0) is 71.9 Å². The summed E-state index contributed by atoms with van der Waals surface area (Å²) in [4.78, 5) is 50.8. The normalized spacial score (nSPS) is 13.9. The Hall–Kier alpha value is -4.09. The first-order valence-electron chi connectivity index (χ1n) is 11.3. The van der Waals surface area contributed by atoms with Crippen molar-refractivity contribution in [3.05, 3.63) is 87.7 Å². The molecule has 3 aromatic rings. The number of halogens is 1. The van der Waals surface area contributed by atoms with Crippen molar-refractivity contribution in [2.75, 3.05) is 30.9 Å². The molecule has 1 fully saturated rings. The summed E-state index contributed by atoms with van der Waals surface area (Å²) in [5.74, 6) is -0.377. The molecule has 0 radical (unpaired) electrons. The van der Waals surface area contributed by atoms with Crippen LogP contribution in [-0.2, 0) is 14.4 Å². The van der Waals surface area contributed by atoms with Gasteiger partial charge in [0, 0.05) is 10.2 Å². The van der Waals surface area contributed by atoms with Gasteiger partial charge in [0.15, 0.2) is 6.61 Å². The molecular formula is C27H22BrN3O6S. The van der Waals surface area contributed by atoms with Crippen LogP contribution in [0.25, 0.3) is 6.08 Å². The van der Waals surface area contributed by atoms with Crippen LogP contribution in [0.4, 0.5) is 16.2 Å². The molecule has 0 aliphatic carbocycles. The van der Waals surface area contributed by atoms with Crippen molar-refractivity contribution in [2.24, 2.45) is 0 Å². The van der Waals surface area contributed by atoms with Gasteiger partial charge in [-0.3, -0.25) is 24.1 Å². The Balaban J connectivity index is 1.31. The maximum atomic E-state index is 12.7. The summed E-state index contributed by atoms with van der Waals surface area (Å²) in [5, 5.41) is 4.87. The van der Waals surface area contributed by atoms with Gasteiger partial charge in [-0.15, -0.1) is 0 Å². The number of imide groups is 1. The molecule has 38 heavy (non-hydrogen) atoms. The van der Waals surface area contributed by atoms with E-state index in [9.17, 15) is 19.2 Å². The van der Waals surface area contributed by atoms with Gasteiger partial charge in [0.1, 0.15) is 18.0 Å². The topological polar surface area (TPSA) is 114 Å². The third-order valence-corrected chi connectivity index (χ3v) is 6.67. The standard InChI is InChI=1S/C27H22BrN3O6S/c1-36-22-5-3-2-4-21(22)30-25(33)16-37-20-12-6-17(7-13-20)14-23-26(34)31(27(35)38-23)15-24(32)29-19-10-8-18(28)9-11-19/h2-14H,15-16H2,1H3,(H,29,32)(H,30,33)/b23-14-. The Bertz CT molecular complexity index is 1390. The zero-order chi connectivity index (χ0) is 27.1. The number of anilines is 2. The number of nitrogens with one attached hydrogen (secondary N) is 2. The molecule has 0 atom stereocenters. The summed E-state index contributed by atoms with van der Waals surface area (Å²) in [7, 11) is 1.52. The highest BCUT2D eigenvalue weighted by atomic mass is 79.9. The SMILES string of the molecule is COc1ccccc1NC(=O)COc1ccc(/C=C2\SC(=O)N(CC(=O)Nc3ccc(Br)cc3)C2=O)cc1. The van der Waals surface area contributed by atoms with Crippen molar-refractivity contribution >= 4 is 68.1 Å². The van der Waals surface area contributed by atoms with E-state index in [0.29, 0.717) is 28.4 Å². The van der Waals surface area contributed by atoms with E-state index < -0.39 is 17.1 Å². The number of carbonyl (C=O) groups excluding carboxylic acids is 4. The van der Waals surface area contributed by atoms with Gasteiger partial charge in [-0.1, -0.05) is 40.2 Å². The molecule has 1 saturated heterocycles. The molecular weight excluding hydrogens is 574 g/mol. The average Bonchev–Trinajstić information content (AvgIpc) is 3.17. The van der Waals surface area contributed by atoms with Gasteiger partial charge in [0.2, 0.25) is 5.91 Å². The number of rotatable bonds is 9. The van der Waals surface area contributed by atoms with E-state index in [0.717, 1.165) is 21.1 Å². The Kier molecular flexibility index (Phi) is 8.82. The highest BCUT2D eigenvalue weighted by molar-refractivity contribution is 9.10. The summed E-state index contributed by atoms with van der Waals surface area (Å²) in [6, 6.07) is 20.7. The van der Waals surface area contributed by atoms with Crippen LogP contribution in [-0.4, -0.2) is 48.1 Å². The van der Waals surface area contributed by atoms with Gasteiger partial charge in [0.25, 0.3) is 17.1 Å². The summed E-state index contributed by atoms with van der Waals surface area (Å²) < 4.78 is 11.6. The molecule has 0 bridgehead atoms. The maximum absolute atomic E-state index is 12.7. The van der Waals surface area contributed by atoms with Crippen LogP contribution in [0.5, 0.6) is 11.5 Å². The van der Waals surface area contributed by atoms with Gasteiger partial charge in [0.05, 0.1) is 17.7 Å². The number of ether oxygens (including phenoxy) is 2. The second-order valence-corrected chi connectivity index (χ2v) is 9.84. The van der Waals surface area contributed by atoms with Crippen LogP contribution in [0.3, 0.4) is 0 Å². The average molecular weight is 596 g/mol. The number of amides is 4. The van der Waals surface area contributed by atoms with Gasteiger partial charge < -0.3 is 20.1 Å². The van der Waals surface area contributed by atoms with E-state index in [1.54, 1.807) is 78.9 Å².